The maximum absolute atomic E-state index is 13.6. The molecule has 0 bridgehead atoms. The molecule has 3 N–H and O–H groups in total. The predicted molar refractivity (Wildman–Crippen MR) is 102 cm³/mol. The van der Waals surface area contributed by atoms with E-state index in [-0.39, 0.29) is 23.7 Å². The lowest BCUT2D eigenvalue weighted by molar-refractivity contribution is -0.150. The van der Waals surface area contributed by atoms with E-state index in [9.17, 15) is 13.2 Å². The fraction of sp³-hybridized carbons (Fsp3) is 0.444. The first-order valence-electron chi connectivity index (χ1n) is 7.75. The van der Waals surface area contributed by atoms with E-state index in [0.29, 0.717) is 10.6 Å². The molecule has 26 heavy (non-hydrogen) atoms. The summed E-state index contributed by atoms with van der Waals surface area (Å²) in [5.74, 6) is -1.64. The van der Waals surface area contributed by atoms with Gasteiger partial charge in [0, 0.05) is 29.3 Å². The van der Waals surface area contributed by atoms with Crippen LogP contribution in [0.5, 0.6) is 0 Å². The molecule has 0 spiro atoms. The normalized spacial score (nSPS) is 17.1. The van der Waals surface area contributed by atoms with Gasteiger partial charge in [-0.1, -0.05) is 42.0 Å². The Morgan fingerprint density at radius 3 is 2.35 bits per heavy atom. The number of hydrogen-bond donors (Lipinski definition) is 2. The van der Waals surface area contributed by atoms with Crippen molar-refractivity contribution in [2.45, 2.75) is 33.0 Å². The third kappa shape index (κ3) is 8.01. The molecule has 8 heteroatoms. The summed E-state index contributed by atoms with van der Waals surface area (Å²) < 4.78 is 45.8. The van der Waals surface area contributed by atoms with Gasteiger partial charge in [0.2, 0.25) is 0 Å². The van der Waals surface area contributed by atoms with Gasteiger partial charge in [0.1, 0.15) is 5.84 Å². The zero-order valence-corrected chi connectivity index (χ0v) is 16.1. The second kappa shape index (κ2) is 11.0. The van der Waals surface area contributed by atoms with Crippen molar-refractivity contribution in [3.63, 3.8) is 0 Å². The maximum Gasteiger partial charge on any atom is 0.411 e. The van der Waals surface area contributed by atoms with Crippen LogP contribution in [0.4, 0.5) is 13.2 Å². The molecule has 2 atom stereocenters. The van der Waals surface area contributed by atoms with Crippen LogP contribution in [-0.2, 0) is 4.74 Å². The molecule has 0 fully saturated rings. The second-order valence-electron chi connectivity index (χ2n) is 5.60. The smallest absolute Gasteiger partial charge is 0.384 e. The molecule has 0 aliphatic rings. The van der Waals surface area contributed by atoms with Crippen molar-refractivity contribution in [3.05, 3.63) is 47.1 Å². The summed E-state index contributed by atoms with van der Waals surface area (Å²) in [6, 6.07) is -2.21. The van der Waals surface area contributed by atoms with E-state index in [2.05, 4.69) is 11.6 Å². The second-order valence-corrected chi connectivity index (χ2v) is 6.04. The van der Waals surface area contributed by atoms with Crippen molar-refractivity contribution >= 4 is 23.1 Å². The lowest BCUT2D eigenvalue weighted by Gasteiger charge is -2.24. The van der Waals surface area contributed by atoms with Gasteiger partial charge in [-0.05, 0) is 26.8 Å². The number of alkyl halides is 3. The Bertz CT molecular complexity index is 634. The molecule has 0 aliphatic carbocycles. The lowest BCUT2D eigenvalue weighted by atomic mass is 9.92. The predicted octanol–water partition coefficient (Wildman–Crippen LogP) is 4.78. The third-order valence-corrected chi connectivity index (χ3v) is 3.76. The van der Waals surface area contributed by atoms with Gasteiger partial charge in [-0.2, -0.15) is 13.2 Å². The summed E-state index contributed by atoms with van der Waals surface area (Å²) in [5, 5.41) is 8.04. The standard InChI is InChI=1S/C18H25ClF3N3O/c1-6-11(3)8-15(12(4)23)16(18(20,21)22)25-17(24)13(10-26-5)9-14(19)7-2/h6-9,15-16,23H,1,10H2,2-5H3,(H2,24,25)/b11-8-,13-9-,14-7+,23-12?. The maximum atomic E-state index is 13.6. The largest absolute Gasteiger partial charge is 0.411 e. The van der Waals surface area contributed by atoms with Crippen molar-refractivity contribution in [2.24, 2.45) is 16.6 Å². The summed E-state index contributed by atoms with van der Waals surface area (Å²) >= 11 is 5.91. The van der Waals surface area contributed by atoms with Crippen LogP contribution in [0, 0.1) is 11.3 Å². The first kappa shape index (κ1) is 24.1. The van der Waals surface area contributed by atoms with E-state index in [0.717, 1.165) is 0 Å². The van der Waals surface area contributed by atoms with Gasteiger partial charge in [0.25, 0.3) is 0 Å². The van der Waals surface area contributed by atoms with E-state index >= 15 is 0 Å². The summed E-state index contributed by atoms with van der Waals surface area (Å²) in [6.45, 7) is 8.04. The van der Waals surface area contributed by atoms with Crippen molar-refractivity contribution in [1.29, 1.82) is 5.41 Å². The fourth-order valence-corrected chi connectivity index (χ4v) is 2.12. The highest BCUT2D eigenvalue weighted by molar-refractivity contribution is 6.31. The van der Waals surface area contributed by atoms with E-state index < -0.39 is 18.1 Å². The number of nitrogens with two attached hydrogens (primary N) is 1. The molecule has 0 heterocycles. The highest BCUT2D eigenvalue weighted by atomic mass is 35.5. The van der Waals surface area contributed by atoms with Crippen LogP contribution in [0.15, 0.2) is 52.1 Å². The molecule has 0 aromatic rings. The Morgan fingerprint density at radius 1 is 1.38 bits per heavy atom. The number of allylic oxidation sites excluding steroid dienone is 5. The molecular weight excluding hydrogens is 367 g/mol. The summed E-state index contributed by atoms with van der Waals surface area (Å²) in [6.07, 6.45) is 0.987. The highest BCUT2D eigenvalue weighted by Crippen LogP contribution is 2.31. The van der Waals surface area contributed by atoms with Crippen LogP contribution in [-0.4, -0.2) is 37.5 Å². The number of nitrogens with zero attached hydrogens (tertiary/aromatic N) is 1. The number of halogens is 4. The van der Waals surface area contributed by atoms with Gasteiger partial charge < -0.3 is 15.9 Å². The number of hydrogen-bond acceptors (Lipinski definition) is 3. The zero-order chi connectivity index (χ0) is 20.5. The topological polar surface area (TPSA) is 71.5 Å². The SMILES string of the molecule is C=C/C(C)=C\C(C(C)=N)C(N=C(N)/C(=C\C(Cl)=C/C)COC)C(F)(F)F. The van der Waals surface area contributed by atoms with E-state index in [1.807, 2.05) is 0 Å². The van der Waals surface area contributed by atoms with Crippen molar-refractivity contribution in [3.8, 4) is 0 Å². The number of aliphatic imine (C=N–C) groups is 1. The van der Waals surface area contributed by atoms with Crippen LogP contribution >= 0.6 is 11.6 Å². The van der Waals surface area contributed by atoms with Crippen LogP contribution < -0.4 is 5.73 Å². The number of ether oxygens (including phenoxy) is 1. The molecule has 0 aromatic heterocycles. The molecule has 2 unspecified atom stereocenters. The van der Waals surface area contributed by atoms with Gasteiger partial charge in [-0.25, -0.2) is 0 Å². The zero-order valence-electron chi connectivity index (χ0n) is 15.3. The molecular formula is C18H25ClF3N3O. The van der Waals surface area contributed by atoms with Gasteiger partial charge >= 0.3 is 6.18 Å². The minimum atomic E-state index is -4.70. The Balaban J connectivity index is 6.23. The Kier molecular flexibility index (Phi) is 10.2. The minimum absolute atomic E-state index is 0.0558. The number of amidine groups is 1. The average Bonchev–Trinajstić information content (AvgIpc) is 2.55. The average molecular weight is 392 g/mol. The Morgan fingerprint density at radius 2 is 1.96 bits per heavy atom. The van der Waals surface area contributed by atoms with E-state index in [4.69, 9.17) is 27.5 Å². The quantitative estimate of drug-likeness (QED) is 0.337. The molecule has 0 amide bonds. The number of rotatable bonds is 9. The van der Waals surface area contributed by atoms with Crippen LogP contribution in [0.1, 0.15) is 20.8 Å². The summed E-state index contributed by atoms with van der Waals surface area (Å²) in [7, 11) is 1.38. The minimum Gasteiger partial charge on any atom is -0.384 e. The number of methoxy groups -OCH3 is 1. The molecule has 0 saturated carbocycles. The first-order valence-corrected chi connectivity index (χ1v) is 8.13. The first-order chi connectivity index (χ1) is 12.0. The monoisotopic (exact) mass is 391 g/mol. The van der Waals surface area contributed by atoms with E-state index in [1.54, 1.807) is 19.9 Å². The lowest BCUT2D eigenvalue weighted by Crippen LogP contribution is -2.39. The van der Waals surface area contributed by atoms with Gasteiger partial charge in [-0.15, -0.1) is 0 Å². The highest BCUT2D eigenvalue weighted by Gasteiger charge is 2.45. The summed E-state index contributed by atoms with van der Waals surface area (Å²) in [4.78, 5) is 3.68. The van der Waals surface area contributed by atoms with Gasteiger partial charge in [-0.3, -0.25) is 4.99 Å². The molecule has 4 nitrogen and oxygen atoms in total. The Labute approximate surface area is 157 Å². The summed E-state index contributed by atoms with van der Waals surface area (Å²) in [5.41, 5.74) is 6.35. The van der Waals surface area contributed by atoms with Crippen molar-refractivity contribution in [2.75, 3.05) is 13.7 Å². The van der Waals surface area contributed by atoms with Gasteiger partial charge in [0.15, 0.2) is 6.04 Å². The van der Waals surface area contributed by atoms with Crippen LogP contribution in [0.25, 0.3) is 0 Å². The van der Waals surface area contributed by atoms with E-state index in [1.165, 1.54) is 32.3 Å². The molecule has 0 rings (SSSR count). The van der Waals surface area contributed by atoms with Crippen molar-refractivity contribution in [1.82, 2.24) is 0 Å². The Hall–Kier alpha value is -1.86. The molecule has 146 valence electrons. The van der Waals surface area contributed by atoms with Crippen molar-refractivity contribution < 1.29 is 17.9 Å². The van der Waals surface area contributed by atoms with Crippen LogP contribution in [0.2, 0.25) is 0 Å². The molecule has 0 radical (unpaired) electrons. The molecule has 0 saturated heterocycles. The fourth-order valence-electron chi connectivity index (χ4n) is 1.99. The molecule has 0 aliphatic heterocycles. The van der Waals surface area contributed by atoms with Crippen LogP contribution in [0.3, 0.4) is 0 Å². The third-order valence-electron chi connectivity index (χ3n) is 3.43. The number of nitrogens with one attached hydrogen (secondary N) is 1. The molecule has 0 aromatic carbocycles. The van der Waals surface area contributed by atoms with Gasteiger partial charge in [0.05, 0.1) is 6.61 Å².